The molecule has 63 valence electrons. The summed E-state index contributed by atoms with van der Waals surface area (Å²) in [4.78, 5) is 11.0. The third-order valence-electron chi connectivity index (χ3n) is 0.876. The van der Waals surface area contributed by atoms with E-state index in [1.54, 1.807) is 7.28 Å². The zero-order chi connectivity index (χ0) is 9.07. The van der Waals surface area contributed by atoms with Gasteiger partial charge in [0.25, 0.3) is 7.28 Å². The van der Waals surface area contributed by atoms with Crippen molar-refractivity contribution in [1.82, 2.24) is 0 Å². The van der Waals surface area contributed by atoms with Gasteiger partial charge < -0.3 is 4.74 Å². The molecule has 0 aliphatic carbocycles. The molecule has 11 heavy (non-hydrogen) atoms. The summed E-state index contributed by atoms with van der Waals surface area (Å²) in [7, 11) is 1.57. The first-order valence-corrected chi connectivity index (χ1v) is 3.89. The number of carbonyl (C=O) groups is 1. The van der Waals surface area contributed by atoms with E-state index in [-0.39, 0.29) is 17.3 Å². The SMILES string of the molecule is CC(C)[B]C(=O)OC(C)(C)C. The van der Waals surface area contributed by atoms with E-state index in [0.29, 0.717) is 0 Å². The molecule has 0 amide bonds. The number of carbonyl (C=O) groups excluding carboxylic acids is 1. The minimum Gasteiger partial charge on any atom is -0.468 e. The number of ether oxygens (including phenoxy) is 1. The lowest BCUT2D eigenvalue weighted by Crippen LogP contribution is -2.27. The Morgan fingerprint density at radius 3 is 2.09 bits per heavy atom. The molecule has 0 aliphatic rings. The summed E-state index contributed by atoms with van der Waals surface area (Å²) >= 11 is 0. The van der Waals surface area contributed by atoms with Gasteiger partial charge in [-0.1, -0.05) is 19.7 Å². The van der Waals surface area contributed by atoms with Crippen LogP contribution in [0.4, 0.5) is 4.79 Å². The molecule has 0 spiro atoms. The predicted molar refractivity (Wildman–Crippen MR) is 47.1 cm³/mol. The van der Waals surface area contributed by atoms with Crippen LogP contribution in [-0.2, 0) is 4.74 Å². The van der Waals surface area contributed by atoms with Crippen LogP contribution in [0.15, 0.2) is 0 Å². The molecule has 0 saturated carbocycles. The quantitative estimate of drug-likeness (QED) is 0.572. The van der Waals surface area contributed by atoms with Crippen molar-refractivity contribution in [2.75, 3.05) is 0 Å². The average molecular weight is 155 g/mol. The summed E-state index contributed by atoms with van der Waals surface area (Å²) in [6.45, 7) is 9.48. The lowest BCUT2D eigenvalue weighted by Gasteiger charge is -2.19. The molecule has 0 saturated heterocycles. The number of hydrogen-bond acceptors (Lipinski definition) is 2. The van der Waals surface area contributed by atoms with E-state index >= 15 is 0 Å². The van der Waals surface area contributed by atoms with Gasteiger partial charge in [0.1, 0.15) is 5.60 Å². The van der Waals surface area contributed by atoms with Crippen LogP contribution in [0.5, 0.6) is 0 Å². The van der Waals surface area contributed by atoms with Gasteiger partial charge in [0.15, 0.2) is 0 Å². The van der Waals surface area contributed by atoms with Crippen molar-refractivity contribution in [2.24, 2.45) is 0 Å². The Bertz CT molecular complexity index is 136. The molecular weight excluding hydrogens is 139 g/mol. The maximum absolute atomic E-state index is 11.0. The highest BCUT2D eigenvalue weighted by Crippen LogP contribution is 2.09. The van der Waals surface area contributed by atoms with Crippen LogP contribution in [0.1, 0.15) is 34.6 Å². The first-order chi connectivity index (χ1) is 4.81. The molecule has 0 heterocycles. The predicted octanol–water partition coefficient (Wildman–Crippen LogP) is 2.45. The normalized spacial score (nSPS) is 11.5. The Morgan fingerprint density at radius 1 is 1.36 bits per heavy atom. The zero-order valence-electron chi connectivity index (χ0n) is 7.97. The average Bonchev–Trinajstić information content (AvgIpc) is 1.53. The Balaban J connectivity index is 3.71. The standard InChI is InChI=1S/C8H16BO2/c1-6(2)9-7(10)11-8(3,4)5/h6H,1-5H3. The van der Waals surface area contributed by atoms with Crippen LogP contribution in [-0.4, -0.2) is 18.7 Å². The highest BCUT2D eigenvalue weighted by molar-refractivity contribution is 6.73. The van der Waals surface area contributed by atoms with Gasteiger partial charge in [-0.2, -0.15) is 0 Å². The molecule has 1 radical (unpaired) electrons. The van der Waals surface area contributed by atoms with Crippen molar-refractivity contribution in [3.05, 3.63) is 0 Å². The molecule has 0 fully saturated rings. The Morgan fingerprint density at radius 2 is 1.82 bits per heavy atom. The molecule has 0 atom stereocenters. The summed E-state index contributed by atoms with van der Waals surface area (Å²) < 4.78 is 5.05. The fourth-order valence-corrected chi connectivity index (χ4v) is 0.608. The third kappa shape index (κ3) is 7.43. The molecule has 2 nitrogen and oxygen atoms in total. The monoisotopic (exact) mass is 155 g/mol. The number of hydrogen-bond donors (Lipinski definition) is 0. The van der Waals surface area contributed by atoms with Crippen LogP contribution < -0.4 is 0 Å². The van der Waals surface area contributed by atoms with E-state index in [1.807, 2.05) is 34.6 Å². The van der Waals surface area contributed by atoms with Crippen LogP contribution in [0.3, 0.4) is 0 Å². The Labute approximate surface area is 69.6 Å². The van der Waals surface area contributed by atoms with Crippen LogP contribution in [0.25, 0.3) is 0 Å². The van der Waals surface area contributed by atoms with E-state index < -0.39 is 0 Å². The van der Waals surface area contributed by atoms with Crippen molar-refractivity contribution < 1.29 is 9.53 Å². The Hall–Kier alpha value is -0.465. The van der Waals surface area contributed by atoms with Crippen LogP contribution >= 0.6 is 0 Å². The molecule has 0 unspecified atom stereocenters. The molecule has 0 aliphatic heterocycles. The molecule has 0 aromatic rings. The molecule has 0 bridgehead atoms. The van der Waals surface area contributed by atoms with Gasteiger partial charge in [0.2, 0.25) is 5.87 Å². The summed E-state index contributed by atoms with van der Waals surface area (Å²) in [5, 5.41) is 0. The van der Waals surface area contributed by atoms with Gasteiger partial charge in [-0.05, 0) is 20.8 Å². The minimum atomic E-state index is -0.373. The van der Waals surface area contributed by atoms with Gasteiger partial charge in [0.05, 0.1) is 0 Å². The van der Waals surface area contributed by atoms with Crippen molar-refractivity contribution in [1.29, 1.82) is 0 Å². The summed E-state index contributed by atoms with van der Waals surface area (Å²) in [5.74, 6) is 0.0253. The van der Waals surface area contributed by atoms with Gasteiger partial charge >= 0.3 is 0 Å². The van der Waals surface area contributed by atoms with E-state index in [1.165, 1.54) is 0 Å². The largest absolute Gasteiger partial charge is 0.468 e. The van der Waals surface area contributed by atoms with Crippen molar-refractivity contribution in [3.63, 3.8) is 0 Å². The maximum atomic E-state index is 11.0. The van der Waals surface area contributed by atoms with Crippen molar-refractivity contribution in [2.45, 2.75) is 46.0 Å². The molecule has 3 heteroatoms. The third-order valence-corrected chi connectivity index (χ3v) is 0.876. The van der Waals surface area contributed by atoms with Gasteiger partial charge in [-0.3, -0.25) is 4.79 Å². The van der Waals surface area contributed by atoms with Crippen molar-refractivity contribution in [3.8, 4) is 0 Å². The first kappa shape index (κ1) is 10.5. The minimum absolute atomic E-state index is 0.229. The highest BCUT2D eigenvalue weighted by Gasteiger charge is 2.17. The second kappa shape index (κ2) is 3.79. The van der Waals surface area contributed by atoms with Crippen molar-refractivity contribution >= 4 is 13.1 Å². The molecule has 0 aromatic heterocycles. The Kier molecular flexibility index (Phi) is 3.63. The fraction of sp³-hybridized carbons (Fsp3) is 0.875. The van der Waals surface area contributed by atoms with E-state index in [0.717, 1.165) is 0 Å². The lowest BCUT2D eigenvalue weighted by atomic mass is 9.66. The van der Waals surface area contributed by atoms with E-state index in [9.17, 15) is 4.79 Å². The summed E-state index contributed by atoms with van der Waals surface area (Å²) in [6.07, 6.45) is 0. The van der Waals surface area contributed by atoms with Crippen LogP contribution in [0.2, 0.25) is 5.82 Å². The van der Waals surface area contributed by atoms with E-state index in [4.69, 9.17) is 4.74 Å². The topological polar surface area (TPSA) is 26.3 Å². The van der Waals surface area contributed by atoms with Gasteiger partial charge in [-0.25, -0.2) is 0 Å². The molecule has 0 N–H and O–H groups in total. The second-order valence-electron chi connectivity index (χ2n) is 3.94. The second-order valence-corrected chi connectivity index (χ2v) is 3.94. The van der Waals surface area contributed by atoms with Crippen LogP contribution in [0, 0.1) is 0 Å². The van der Waals surface area contributed by atoms with Gasteiger partial charge in [-0.15, -0.1) is 0 Å². The molecular formula is C8H16BO2. The van der Waals surface area contributed by atoms with E-state index in [2.05, 4.69) is 0 Å². The highest BCUT2D eigenvalue weighted by atomic mass is 16.5. The first-order valence-electron chi connectivity index (χ1n) is 3.89. The zero-order valence-corrected chi connectivity index (χ0v) is 7.97. The fourth-order valence-electron chi connectivity index (χ4n) is 0.608. The maximum Gasteiger partial charge on any atom is 0.263 e. The summed E-state index contributed by atoms with van der Waals surface area (Å²) in [6, 6.07) is 0. The molecule has 0 rings (SSSR count). The molecule has 0 aromatic carbocycles. The lowest BCUT2D eigenvalue weighted by molar-refractivity contribution is 0.0716. The smallest absolute Gasteiger partial charge is 0.263 e. The summed E-state index contributed by atoms with van der Waals surface area (Å²) in [5.41, 5.74) is -0.373. The van der Waals surface area contributed by atoms with Gasteiger partial charge in [0, 0.05) is 0 Å². The number of rotatable bonds is 2.